The number of carbonyl (C=O) groups is 1. The minimum atomic E-state index is 0.0871. The van der Waals surface area contributed by atoms with Gasteiger partial charge < -0.3 is 9.80 Å². The van der Waals surface area contributed by atoms with E-state index in [0.29, 0.717) is 6.54 Å². The van der Waals surface area contributed by atoms with E-state index in [0.717, 1.165) is 30.6 Å². The second kappa shape index (κ2) is 5.61. The standard InChI is InChI=1S/C14H19ClN2O/c1-16(2)13-7-3-5-11(9-13)14(18)17-8-4-6-12(15)10-17/h3,5,7,9,12H,4,6,8,10H2,1-2H3. The van der Waals surface area contributed by atoms with Gasteiger partial charge in [-0.25, -0.2) is 0 Å². The molecule has 18 heavy (non-hydrogen) atoms. The van der Waals surface area contributed by atoms with Crippen molar-refractivity contribution in [2.45, 2.75) is 18.2 Å². The van der Waals surface area contributed by atoms with Crippen LogP contribution in [0.4, 0.5) is 5.69 Å². The lowest BCUT2D eigenvalue weighted by atomic mass is 10.1. The molecule has 0 N–H and O–H groups in total. The van der Waals surface area contributed by atoms with Crippen LogP contribution in [-0.2, 0) is 0 Å². The summed E-state index contributed by atoms with van der Waals surface area (Å²) < 4.78 is 0. The average Bonchev–Trinajstić information content (AvgIpc) is 2.38. The number of rotatable bonds is 2. The van der Waals surface area contributed by atoms with E-state index in [1.807, 2.05) is 48.2 Å². The molecule has 1 saturated heterocycles. The van der Waals surface area contributed by atoms with Gasteiger partial charge in [-0.05, 0) is 31.0 Å². The number of halogens is 1. The smallest absolute Gasteiger partial charge is 0.253 e. The van der Waals surface area contributed by atoms with Crippen LogP contribution in [0.15, 0.2) is 24.3 Å². The van der Waals surface area contributed by atoms with E-state index in [1.54, 1.807) is 0 Å². The first-order chi connectivity index (χ1) is 8.58. The fourth-order valence-corrected chi connectivity index (χ4v) is 2.53. The Morgan fingerprint density at radius 1 is 1.44 bits per heavy atom. The number of piperidine rings is 1. The van der Waals surface area contributed by atoms with Crippen LogP contribution in [0.2, 0.25) is 0 Å². The summed E-state index contributed by atoms with van der Waals surface area (Å²) in [6.45, 7) is 1.47. The molecule has 1 atom stereocenters. The van der Waals surface area contributed by atoms with Gasteiger partial charge in [0.2, 0.25) is 0 Å². The minimum absolute atomic E-state index is 0.0871. The van der Waals surface area contributed by atoms with Crippen molar-refractivity contribution in [3.8, 4) is 0 Å². The summed E-state index contributed by atoms with van der Waals surface area (Å²) in [5, 5.41) is 0.0970. The summed E-state index contributed by atoms with van der Waals surface area (Å²) in [6.07, 6.45) is 2.00. The second-order valence-electron chi connectivity index (χ2n) is 4.94. The van der Waals surface area contributed by atoms with Gasteiger partial charge in [-0.1, -0.05) is 6.07 Å². The van der Waals surface area contributed by atoms with E-state index in [4.69, 9.17) is 11.6 Å². The highest BCUT2D eigenvalue weighted by Gasteiger charge is 2.23. The molecule has 0 bridgehead atoms. The van der Waals surface area contributed by atoms with Crippen LogP contribution in [0.25, 0.3) is 0 Å². The third kappa shape index (κ3) is 2.96. The summed E-state index contributed by atoms with van der Waals surface area (Å²) in [5.74, 6) is 0.0871. The van der Waals surface area contributed by atoms with Gasteiger partial charge in [0.05, 0.1) is 5.38 Å². The Bertz CT molecular complexity index is 434. The molecule has 1 unspecified atom stereocenters. The predicted octanol–water partition coefficient (Wildman–Crippen LogP) is 2.60. The van der Waals surface area contributed by atoms with Crippen molar-refractivity contribution in [2.24, 2.45) is 0 Å². The van der Waals surface area contributed by atoms with E-state index in [9.17, 15) is 4.79 Å². The van der Waals surface area contributed by atoms with Gasteiger partial charge in [0.25, 0.3) is 5.91 Å². The monoisotopic (exact) mass is 266 g/mol. The molecular weight excluding hydrogens is 248 g/mol. The third-order valence-electron chi connectivity index (χ3n) is 3.26. The van der Waals surface area contributed by atoms with Gasteiger partial charge in [0.15, 0.2) is 0 Å². The maximum Gasteiger partial charge on any atom is 0.253 e. The van der Waals surface area contributed by atoms with Gasteiger partial charge in [-0.3, -0.25) is 4.79 Å². The van der Waals surface area contributed by atoms with Crippen molar-refractivity contribution in [1.29, 1.82) is 0 Å². The van der Waals surface area contributed by atoms with Crippen molar-refractivity contribution in [1.82, 2.24) is 4.90 Å². The summed E-state index contributed by atoms with van der Waals surface area (Å²) in [4.78, 5) is 16.2. The van der Waals surface area contributed by atoms with Crippen molar-refractivity contribution in [3.63, 3.8) is 0 Å². The normalized spacial score (nSPS) is 19.7. The number of alkyl halides is 1. The van der Waals surface area contributed by atoms with Crippen LogP contribution in [-0.4, -0.2) is 43.4 Å². The van der Waals surface area contributed by atoms with Crippen molar-refractivity contribution in [3.05, 3.63) is 29.8 Å². The van der Waals surface area contributed by atoms with Crippen molar-refractivity contribution >= 4 is 23.2 Å². The van der Waals surface area contributed by atoms with Crippen LogP contribution in [0.3, 0.4) is 0 Å². The average molecular weight is 267 g/mol. The summed E-state index contributed by atoms with van der Waals surface area (Å²) >= 11 is 6.12. The molecule has 1 fully saturated rings. The molecule has 0 aliphatic carbocycles. The lowest BCUT2D eigenvalue weighted by Crippen LogP contribution is -2.40. The van der Waals surface area contributed by atoms with E-state index in [-0.39, 0.29) is 11.3 Å². The van der Waals surface area contributed by atoms with Crippen LogP contribution in [0, 0.1) is 0 Å². The summed E-state index contributed by atoms with van der Waals surface area (Å²) in [5.41, 5.74) is 1.78. The number of hydrogen-bond acceptors (Lipinski definition) is 2. The topological polar surface area (TPSA) is 23.6 Å². The van der Waals surface area contributed by atoms with E-state index >= 15 is 0 Å². The molecule has 4 heteroatoms. The Labute approximate surface area is 113 Å². The van der Waals surface area contributed by atoms with Crippen LogP contribution < -0.4 is 4.90 Å². The highest BCUT2D eigenvalue weighted by molar-refractivity contribution is 6.21. The van der Waals surface area contributed by atoms with Gasteiger partial charge in [-0.15, -0.1) is 11.6 Å². The van der Waals surface area contributed by atoms with Gasteiger partial charge in [0, 0.05) is 38.4 Å². The molecule has 1 aliphatic heterocycles. The Kier molecular flexibility index (Phi) is 4.12. The summed E-state index contributed by atoms with van der Waals surface area (Å²) in [6, 6.07) is 7.72. The van der Waals surface area contributed by atoms with Gasteiger partial charge in [-0.2, -0.15) is 0 Å². The number of benzene rings is 1. The first kappa shape index (κ1) is 13.2. The van der Waals surface area contributed by atoms with E-state index in [1.165, 1.54) is 0 Å². The van der Waals surface area contributed by atoms with Gasteiger partial charge >= 0.3 is 0 Å². The third-order valence-corrected chi connectivity index (χ3v) is 3.62. The zero-order valence-electron chi connectivity index (χ0n) is 10.9. The number of likely N-dealkylation sites (tertiary alicyclic amines) is 1. The number of nitrogens with zero attached hydrogens (tertiary/aromatic N) is 2. The quantitative estimate of drug-likeness (QED) is 0.769. The number of hydrogen-bond donors (Lipinski definition) is 0. The molecule has 3 nitrogen and oxygen atoms in total. The molecule has 98 valence electrons. The zero-order chi connectivity index (χ0) is 13.1. The molecule has 1 aromatic rings. The molecule has 0 radical (unpaired) electrons. The largest absolute Gasteiger partial charge is 0.378 e. The molecule has 0 saturated carbocycles. The predicted molar refractivity (Wildman–Crippen MR) is 75.5 cm³/mol. The SMILES string of the molecule is CN(C)c1cccc(C(=O)N2CCCC(Cl)C2)c1. The van der Waals surface area contributed by atoms with E-state index < -0.39 is 0 Å². The molecular formula is C14H19ClN2O. The minimum Gasteiger partial charge on any atom is -0.378 e. The first-order valence-corrected chi connectivity index (χ1v) is 6.72. The Morgan fingerprint density at radius 3 is 2.89 bits per heavy atom. The maximum absolute atomic E-state index is 12.4. The van der Waals surface area contributed by atoms with Crippen LogP contribution in [0.1, 0.15) is 23.2 Å². The van der Waals surface area contributed by atoms with E-state index in [2.05, 4.69) is 0 Å². The number of anilines is 1. The highest BCUT2D eigenvalue weighted by atomic mass is 35.5. The molecule has 1 heterocycles. The molecule has 2 rings (SSSR count). The van der Waals surface area contributed by atoms with Crippen molar-refractivity contribution < 1.29 is 4.79 Å². The van der Waals surface area contributed by atoms with Crippen molar-refractivity contribution in [2.75, 3.05) is 32.1 Å². The van der Waals surface area contributed by atoms with Crippen LogP contribution >= 0.6 is 11.6 Å². The van der Waals surface area contributed by atoms with Gasteiger partial charge in [0.1, 0.15) is 0 Å². The molecule has 0 aromatic heterocycles. The molecule has 1 amide bonds. The number of amides is 1. The Morgan fingerprint density at radius 2 is 2.22 bits per heavy atom. The summed E-state index contributed by atoms with van der Waals surface area (Å²) in [7, 11) is 3.94. The lowest BCUT2D eigenvalue weighted by molar-refractivity contribution is 0.0727. The Hall–Kier alpha value is -1.22. The van der Waals surface area contributed by atoms with Crippen LogP contribution in [0.5, 0.6) is 0 Å². The second-order valence-corrected chi connectivity index (χ2v) is 5.55. The number of carbonyl (C=O) groups excluding carboxylic acids is 1. The molecule has 1 aromatic carbocycles. The fraction of sp³-hybridized carbons (Fsp3) is 0.500. The maximum atomic E-state index is 12.4. The first-order valence-electron chi connectivity index (χ1n) is 6.28. The zero-order valence-corrected chi connectivity index (χ0v) is 11.7. The fourth-order valence-electron chi connectivity index (χ4n) is 2.21. The lowest BCUT2D eigenvalue weighted by Gasteiger charge is -2.30. The molecule has 0 spiro atoms. The Balaban J connectivity index is 2.15. The molecule has 1 aliphatic rings. The highest BCUT2D eigenvalue weighted by Crippen LogP contribution is 2.19.